The number of fused-ring (bicyclic) bond motifs is 1. The molecule has 0 saturated heterocycles. The molecule has 1 N–H and O–H groups in total. The van der Waals surface area contributed by atoms with Crippen LogP contribution in [0.4, 0.5) is 13.2 Å². The van der Waals surface area contributed by atoms with Gasteiger partial charge in [-0.3, -0.25) is 4.79 Å². The second-order valence-corrected chi connectivity index (χ2v) is 7.96. The molecule has 2 aromatic heterocycles. The van der Waals surface area contributed by atoms with E-state index in [-0.39, 0.29) is 12.3 Å². The van der Waals surface area contributed by atoms with Crippen LogP contribution in [0.1, 0.15) is 55.1 Å². The zero-order chi connectivity index (χ0) is 21.9. The molecule has 0 fully saturated rings. The fourth-order valence-electron chi connectivity index (χ4n) is 3.56. The van der Waals surface area contributed by atoms with E-state index in [1.165, 1.54) is 6.07 Å². The zero-order valence-electron chi connectivity index (χ0n) is 17.3. The van der Waals surface area contributed by atoms with Crippen LogP contribution in [0.5, 0.6) is 0 Å². The van der Waals surface area contributed by atoms with E-state index in [2.05, 4.69) is 24.1 Å². The predicted molar refractivity (Wildman–Crippen MR) is 110 cm³/mol. The summed E-state index contributed by atoms with van der Waals surface area (Å²) in [6.45, 7) is 6.58. The number of rotatable bonds is 7. The van der Waals surface area contributed by atoms with Crippen LogP contribution >= 0.6 is 0 Å². The van der Waals surface area contributed by atoms with Crippen molar-refractivity contribution in [1.82, 2.24) is 14.7 Å². The van der Waals surface area contributed by atoms with E-state index in [0.29, 0.717) is 29.4 Å². The van der Waals surface area contributed by atoms with Crippen molar-refractivity contribution in [3.63, 3.8) is 0 Å². The Hall–Kier alpha value is -2.83. The largest absolute Gasteiger partial charge is 0.416 e. The maximum Gasteiger partial charge on any atom is 0.416 e. The molecule has 0 saturated carbocycles. The van der Waals surface area contributed by atoms with Crippen molar-refractivity contribution in [1.29, 1.82) is 0 Å². The van der Waals surface area contributed by atoms with Gasteiger partial charge in [0.25, 0.3) is 0 Å². The lowest BCUT2D eigenvalue weighted by Gasteiger charge is -2.20. The highest BCUT2D eigenvalue weighted by Crippen LogP contribution is 2.34. The molecule has 3 aromatic rings. The molecule has 160 valence electrons. The van der Waals surface area contributed by atoms with E-state index >= 15 is 0 Å². The van der Waals surface area contributed by atoms with E-state index in [1.54, 1.807) is 12.3 Å². The van der Waals surface area contributed by atoms with E-state index in [4.69, 9.17) is 0 Å². The first-order chi connectivity index (χ1) is 14.2. The lowest BCUT2D eigenvalue weighted by molar-refractivity contribution is -0.137. The summed E-state index contributed by atoms with van der Waals surface area (Å²) in [5, 5.41) is 2.89. The SMILES string of the molecule is Cc1cccc2ncc(C(CC(=O)NCCC(C)C)c3cccc(C(F)(F)F)c3)n12. The predicted octanol–water partition coefficient (Wildman–Crippen LogP) is 5.35. The molecular weight excluding hydrogens is 391 g/mol. The van der Waals surface area contributed by atoms with Gasteiger partial charge in [0, 0.05) is 30.8 Å². The molecule has 0 radical (unpaired) electrons. The Morgan fingerprint density at radius 3 is 2.60 bits per heavy atom. The van der Waals surface area contributed by atoms with Crippen LogP contribution in [0.3, 0.4) is 0 Å². The van der Waals surface area contributed by atoms with E-state index in [1.807, 2.05) is 29.5 Å². The number of aryl methyl sites for hydroxylation is 1. The summed E-state index contributed by atoms with van der Waals surface area (Å²) in [4.78, 5) is 17.0. The van der Waals surface area contributed by atoms with Gasteiger partial charge in [0.2, 0.25) is 5.91 Å². The highest BCUT2D eigenvalue weighted by atomic mass is 19.4. The number of hydrogen-bond acceptors (Lipinski definition) is 2. The summed E-state index contributed by atoms with van der Waals surface area (Å²) < 4.78 is 41.8. The molecule has 0 spiro atoms. The molecule has 0 aliphatic heterocycles. The standard InChI is InChI=1S/C23H26F3N3O/c1-15(2)10-11-27-22(30)13-19(17-7-5-8-18(12-17)23(24,25)26)20-14-28-21-9-4-6-16(3)29(20)21/h4-9,12,14-15,19H,10-11,13H2,1-3H3,(H,27,30). The number of pyridine rings is 1. The number of carbonyl (C=O) groups is 1. The monoisotopic (exact) mass is 417 g/mol. The topological polar surface area (TPSA) is 46.4 Å². The molecule has 0 bridgehead atoms. The number of benzene rings is 1. The Labute approximate surface area is 174 Å². The number of aromatic nitrogens is 2. The Morgan fingerprint density at radius 2 is 1.90 bits per heavy atom. The van der Waals surface area contributed by atoms with Crippen molar-refractivity contribution < 1.29 is 18.0 Å². The van der Waals surface area contributed by atoms with Gasteiger partial charge in [-0.05, 0) is 43.0 Å². The molecule has 1 unspecified atom stereocenters. The molecule has 3 rings (SSSR count). The summed E-state index contributed by atoms with van der Waals surface area (Å²) in [7, 11) is 0. The molecule has 4 nitrogen and oxygen atoms in total. The average molecular weight is 417 g/mol. The second-order valence-electron chi connectivity index (χ2n) is 7.96. The first-order valence-corrected chi connectivity index (χ1v) is 10.0. The first kappa shape index (κ1) is 21.9. The Kier molecular flexibility index (Phi) is 6.48. The number of halogens is 3. The van der Waals surface area contributed by atoms with Crippen LogP contribution in [0, 0.1) is 12.8 Å². The number of amides is 1. The Morgan fingerprint density at radius 1 is 1.17 bits per heavy atom. The normalized spacial score (nSPS) is 13.0. The third kappa shape index (κ3) is 5.01. The van der Waals surface area contributed by atoms with Crippen LogP contribution in [-0.2, 0) is 11.0 Å². The van der Waals surface area contributed by atoms with E-state index < -0.39 is 17.7 Å². The summed E-state index contributed by atoms with van der Waals surface area (Å²) in [5.41, 5.74) is 2.01. The third-order valence-corrected chi connectivity index (χ3v) is 5.16. The van der Waals surface area contributed by atoms with Crippen LogP contribution in [-0.4, -0.2) is 21.8 Å². The van der Waals surface area contributed by atoms with Crippen molar-refractivity contribution in [2.45, 2.75) is 45.7 Å². The highest BCUT2D eigenvalue weighted by Gasteiger charge is 2.32. The van der Waals surface area contributed by atoms with Gasteiger partial charge in [-0.25, -0.2) is 4.98 Å². The van der Waals surface area contributed by atoms with Gasteiger partial charge in [-0.1, -0.05) is 38.1 Å². The maximum absolute atomic E-state index is 13.3. The van der Waals surface area contributed by atoms with Crippen molar-refractivity contribution >= 4 is 11.6 Å². The van der Waals surface area contributed by atoms with Gasteiger partial charge in [0.05, 0.1) is 11.3 Å². The summed E-state index contributed by atoms with van der Waals surface area (Å²) in [6, 6.07) is 10.8. The number of imidazole rings is 1. The molecule has 0 aliphatic carbocycles. The Bertz CT molecular complexity index is 1020. The summed E-state index contributed by atoms with van der Waals surface area (Å²) in [6.07, 6.45) is -1.92. The second kappa shape index (κ2) is 8.90. The molecule has 1 atom stereocenters. The van der Waals surface area contributed by atoms with Crippen molar-refractivity contribution in [3.05, 3.63) is 71.2 Å². The molecule has 1 amide bonds. The number of alkyl halides is 3. The number of nitrogens with zero attached hydrogens (tertiary/aromatic N) is 2. The lowest BCUT2D eigenvalue weighted by atomic mass is 9.91. The average Bonchev–Trinajstić information content (AvgIpc) is 3.10. The molecule has 0 aliphatic rings. The molecule has 7 heteroatoms. The van der Waals surface area contributed by atoms with Crippen LogP contribution in [0.2, 0.25) is 0 Å². The van der Waals surface area contributed by atoms with Crippen LogP contribution < -0.4 is 5.32 Å². The van der Waals surface area contributed by atoms with Gasteiger partial charge < -0.3 is 9.72 Å². The maximum atomic E-state index is 13.3. The fourth-order valence-corrected chi connectivity index (χ4v) is 3.56. The number of hydrogen-bond donors (Lipinski definition) is 1. The number of carbonyl (C=O) groups excluding carboxylic acids is 1. The summed E-state index contributed by atoms with van der Waals surface area (Å²) in [5.74, 6) is -0.296. The fraction of sp³-hybridized carbons (Fsp3) is 0.391. The highest BCUT2D eigenvalue weighted by molar-refractivity contribution is 5.77. The Balaban J connectivity index is 2.00. The molecule has 1 aromatic carbocycles. The minimum absolute atomic E-state index is 0.0432. The number of nitrogens with one attached hydrogen (secondary N) is 1. The first-order valence-electron chi connectivity index (χ1n) is 10.0. The molecule has 2 heterocycles. The third-order valence-electron chi connectivity index (χ3n) is 5.16. The smallest absolute Gasteiger partial charge is 0.356 e. The van der Waals surface area contributed by atoms with Gasteiger partial charge in [0.15, 0.2) is 0 Å². The van der Waals surface area contributed by atoms with Crippen molar-refractivity contribution in [2.24, 2.45) is 5.92 Å². The van der Waals surface area contributed by atoms with E-state index in [0.717, 1.165) is 24.2 Å². The lowest BCUT2D eigenvalue weighted by Crippen LogP contribution is -2.27. The molecule has 30 heavy (non-hydrogen) atoms. The van der Waals surface area contributed by atoms with E-state index in [9.17, 15) is 18.0 Å². The van der Waals surface area contributed by atoms with Gasteiger partial charge in [-0.2, -0.15) is 13.2 Å². The van der Waals surface area contributed by atoms with Crippen LogP contribution in [0.15, 0.2) is 48.7 Å². The summed E-state index contributed by atoms with van der Waals surface area (Å²) >= 11 is 0. The van der Waals surface area contributed by atoms with Gasteiger partial charge in [0.1, 0.15) is 5.65 Å². The quantitative estimate of drug-likeness (QED) is 0.564. The van der Waals surface area contributed by atoms with Gasteiger partial charge in [-0.15, -0.1) is 0 Å². The zero-order valence-corrected chi connectivity index (χ0v) is 17.3. The minimum atomic E-state index is -4.45. The minimum Gasteiger partial charge on any atom is -0.356 e. The molecular formula is C23H26F3N3O. The van der Waals surface area contributed by atoms with Gasteiger partial charge >= 0.3 is 6.18 Å². The van der Waals surface area contributed by atoms with Crippen LogP contribution in [0.25, 0.3) is 5.65 Å². The van der Waals surface area contributed by atoms with Crippen molar-refractivity contribution in [2.75, 3.05) is 6.54 Å². The van der Waals surface area contributed by atoms with Crippen molar-refractivity contribution in [3.8, 4) is 0 Å².